The van der Waals surface area contributed by atoms with Crippen molar-refractivity contribution in [3.05, 3.63) is 12.2 Å². The highest BCUT2D eigenvalue weighted by Crippen LogP contribution is 2.24. The Bertz CT molecular complexity index is 246. The van der Waals surface area contributed by atoms with Gasteiger partial charge in [0.15, 0.2) is 0 Å². The fraction of sp³-hybridized carbons (Fsp3) is 0.750. The predicted molar refractivity (Wildman–Crippen MR) is 58.3 cm³/mol. The van der Waals surface area contributed by atoms with Crippen molar-refractivity contribution in [3.63, 3.8) is 0 Å². The molecule has 2 aliphatic rings. The summed E-state index contributed by atoms with van der Waals surface area (Å²) in [6, 6.07) is 0.323. The van der Waals surface area contributed by atoms with Crippen LogP contribution in [0.4, 0.5) is 0 Å². The minimum absolute atomic E-state index is 0.133. The average molecular weight is 209 g/mol. The van der Waals surface area contributed by atoms with E-state index in [0.717, 1.165) is 38.5 Å². The van der Waals surface area contributed by atoms with Crippen LogP contribution in [-0.2, 0) is 4.79 Å². The number of amides is 1. The normalized spacial score (nSPS) is 31.8. The van der Waals surface area contributed by atoms with Gasteiger partial charge in [0.05, 0.1) is 6.10 Å². The number of nitrogens with one attached hydrogen (secondary N) is 1. The SMILES string of the molecule is O=C(NC1CC=CC1)C1CCC(O)CC1. The van der Waals surface area contributed by atoms with Crippen molar-refractivity contribution in [3.8, 4) is 0 Å². The Hall–Kier alpha value is -0.830. The van der Waals surface area contributed by atoms with Gasteiger partial charge in [-0.1, -0.05) is 12.2 Å². The Morgan fingerprint density at radius 3 is 2.33 bits per heavy atom. The molecule has 0 aromatic rings. The first-order valence-electron chi connectivity index (χ1n) is 5.89. The number of carbonyl (C=O) groups is 1. The van der Waals surface area contributed by atoms with Crippen molar-refractivity contribution in [2.45, 2.75) is 50.7 Å². The van der Waals surface area contributed by atoms with Gasteiger partial charge in [-0.25, -0.2) is 0 Å². The number of rotatable bonds is 2. The van der Waals surface area contributed by atoms with Crippen LogP contribution in [0.15, 0.2) is 12.2 Å². The van der Waals surface area contributed by atoms with E-state index in [1.807, 2.05) is 0 Å². The zero-order valence-electron chi connectivity index (χ0n) is 8.98. The molecule has 0 aliphatic heterocycles. The lowest BCUT2D eigenvalue weighted by Gasteiger charge is -2.25. The summed E-state index contributed by atoms with van der Waals surface area (Å²) in [5, 5.41) is 12.4. The van der Waals surface area contributed by atoms with Gasteiger partial charge in [0.1, 0.15) is 0 Å². The Kier molecular flexibility index (Phi) is 3.41. The first-order valence-corrected chi connectivity index (χ1v) is 5.89. The zero-order valence-corrected chi connectivity index (χ0v) is 8.98. The summed E-state index contributed by atoms with van der Waals surface area (Å²) in [4.78, 5) is 11.8. The number of aliphatic hydroxyl groups is 1. The maximum Gasteiger partial charge on any atom is 0.223 e. The van der Waals surface area contributed by atoms with E-state index >= 15 is 0 Å². The molecule has 1 saturated carbocycles. The van der Waals surface area contributed by atoms with Gasteiger partial charge in [-0.15, -0.1) is 0 Å². The van der Waals surface area contributed by atoms with Crippen molar-refractivity contribution in [2.24, 2.45) is 5.92 Å². The Morgan fingerprint density at radius 2 is 1.73 bits per heavy atom. The summed E-state index contributed by atoms with van der Waals surface area (Å²) in [6.45, 7) is 0. The monoisotopic (exact) mass is 209 g/mol. The third kappa shape index (κ3) is 2.81. The molecule has 15 heavy (non-hydrogen) atoms. The molecule has 2 rings (SSSR count). The molecule has 1 amide bonds. The molecule has 0 unspecified atom stereocenters. The second-order valence-electron chi connectivity index (χ2n) is 4.65. The van der Waals surface area contributed by atoms with E-state index in [2.05, 4.69) is 17.5 Å². The summed E-state index contributed by atoms with van der Waals surface area (Å²) in [7, 11) is 0. The van der Waals surface area contributed by atoms with Crippen molar-refractivity contribution in [1.82, 2.24) is 5.32 Å². The van der Waals surface area contributed by atoms with E-state index in [4.69, 9.17) is 0 Å². The quantitative estimate of drug-likeness (QED) is 0.675. The molecular weight excluding hydrogens is 190 g/mol. The van der Waals surface area contributed by atoms with Crippen molar-refractivity contribution in [2.75, 3.05) is 0 Å². The molecule has 3 heteroatoms. The molecule has 2 aliphatic carbocycles. The molecule has 0 bridgehead atoms. The van der Waals surface area contributed by atoms with Gasteiger partial charge < -0.3 is 10.4 Å². The highest BCUT2D eigenvalue weighted by molar-refractivity contribution is 5.79. The van der Waals surface area contributed by atoms with Crippen LogP contribution in [0.1, 0.15) is 38.5 Å². The van der Waals surface area contributed by atoms with E-state index in [1.54, 1.807) is 0 Å². The van der Waals surface area contributed by atoms with E-state index in [0.29, 0.717) is 6.04 Å². The minimum Gasteiger partial charge on any atom is -0.393 e. The Labute approximate surface area is 90.6 Å². The summed E-state index contributed by atoms with van der Waals surface area (Å²) < 4.78 is 0. The molecule has 3 nitrogen and oxygen atoms in total. The smallest absolute Gasteiger partial charge is 0.223 e. The number of aliphatic hydroxyl groups excluding tert-OH is 1. The fourth-order valence-electron chi connectivity index (χ4n) is 2.39. The summed E-state index contributed by atoms with van der Waals surface area (Å²) in [5.41, 5.74) is 0. The molecule has 0 radical (unpaired) electrons. The van der Waals surface area contributed by atoms with E-state index in [9.17, 15) is 9.90 Å². The summed E-state index contributed by atoms with van der Waals surface area (Å²) in [6.07, 6.45) is 9.25. The molecule has 0 aromatic carbocycles. The van der Waals surface area contributed by atoms with Gasteiger partial charge in [-0.2, -0.15) is 0 Å². The zero-order chi connectivity index (χ0) is 10.7. The van der Waals surface area contributed by atoms with Gasteiger partial charge in [-0.3, -0.25) is 4.79 Å². The van der Waals surface area contributed by atoms with Gasteiger partial charge in [0.2, 0.25) is 5.91 Å². The molecular formula is C12H19NO2. The van der Waals surface area contributed by atoms with Crippen LogP contribution >= 0.6 is 0 Å². The number of carbonyl (C=O) groups excluding carboxylic acids is 1. The topological polar surface area (TPSA) is 49.3 Å². The maximum absolute atomic E-state index is 11.8. The molecule has 0 aromatic heterocycles. The highest BCUT2D eigenvalue weighted by Gasteiger charge is 2.26. The predicted octanol–water partition coefficient (Wildman–Crippen LogP) is 1.37. The maximum atomic E-state index is 11.8. The van der Waals surface area contributed by atoms with Crippen molar-refractivity contribution < 1.29 is 9.90 Å². The second kappa shape index (κ2) is 4.79. The van der Waals surface area contributed by atoms with Crippen LogP contribution in [0.25, 0.3) is 0 Å². The van der Waals surface area contributed by atoms with Gasteiger partial charge in [-0.05, 0) is 38.5 Å². The highest BCUT2D eigenvalue weighted by atomic mass is 16.3. The van der Waals surface area contributed by atoms with E-state index in [-0.39, 0.29) is 17.9 Å². The molecule has 0 heterocycles. The largest absolute Gasteiger partial charge is 0.393 e. The second-order valence-corrected chi connectivity index (χ2v) is 4.65. The summed E-state index contributed by atoms with van der Waals surface area (Å²) >= 11 is 0. The number of hydrogen-bond donors (Lipinski definition) is 2. The molecule has 84 valence electrons. The van der Waals surface area contributed by atoms with E-state index < -0.39 is 0 Å². The van der Waals surface area contributed by atoms with Crippen molar-refractivity contribution in [1.29, 1.82) is 0 Å². The third-order valence-corrected chi connectivity index (χ3v) is 3.42. The van der Waals surface area contributed by atoms with Crippen LogP contribution in [0.2, 0.25) is 0 Å². The van der Waals surface area contributed by atoms with Crippen LogP contribution in [-0.4, -0.2) is 23.2 Å². The Morgan fingerprint density at radius 1 is 1.13 bits per heavy atom. The lowest BCUT2D eigenvalue weighted by molar-refractivity contribution is -0.127. The first kappa shape index (κ1) is 10.7. The molecule has 0 spiro atoms. The van der Waals surface area contributed by atoms with Crippen molar-refractivity contribution >= 4 is 5.91 Å². The molecule has 0 saturated heterocycles. The van der Waals surface area contributed by atoms with Crippen LogP contribution in [0.5, 0.6) is 0 Å². The molecule has 1 fully saturated rings. The average Bonchev–Trinajstić information content (AvgIpc) is 2.71. The molecule has 2 N–H and O–H groups in total. The third-order valence-electron chi connectivity index (χ3n) is 3.42. The van der Waals surface area contributed by atoms with Gasteiger partial charge >= 0.3 is 0 Å². The minimum atomic E-state index is -0.179. The summed E-state index contributed by atoms with van der Waals surface area (Å²) in [5.74, 6) is 0.324. The lowest BCUT2D eigenvalue weighted by Crippen LogP contribution is -2.39. The van der Waals surface area contributed by atoms with Gasteiger partial charge in [0.25, 0.3) is 0 Å². The van der Waals surface area contributed by atoms with Gasteiger partial charge in [0, 0.05) is 12.0 Å². The molecule has 0 atom stereocenters. The van der Waals surface area contributed by atoms with Crippen LogP contribution in [0.3, 0.4) is 0 Å². The standard InChI is InChI=1S/C12H19NO2/c14-11-7-5-9(6-8-11)12(15)13-10-3-1-2-4-10/h1-2,9-11,14H,3-8H2,(H,13,15). The number of hydrogen-bond acceptors (Lipinski definition) is 2. The van der Waals surface area contributed by atoms with Crippen LogP contribution in [0, 0.1) is 5.92 Å². The lowest BCUT2D eigenvalue weighted by atomic mass is 9.87. The fourth-order valence-corrected chi connectivity index (χ4v) is 2.39. The Balaban J connectivity index is 1.75. The van der Waals surface area contributed by atoms with Crippen LogP contribution < -0.4 is 5.32 Å². The first-order chi connectivity index (χ1) is 7.25. The van der Waals surface area contributed by atoms with E-state index in [1.165, 1.54) is 0 Å².